The molecule has 6 heteroatoms. The maximum Gasteiger partial charge on any atom is 0.252 e. The van der Waals surface area contributed by atoms with Gasteiger partial charge >= 0.3 is 0 Å². The standard InChI is InChI=1S/C7H3ClN2O3/c8-7(11)4-1-2-5-6(3-4)10(12)13-9-5/h1-3H. The number of fused-ring (bicyclic) bond motifs is 1. The van der Waals surface area contributed by atoms with E-state index < -0.39 is 5.24 Å². The van der Waals surface area contributed by atoms with Crippen LogP contribution in [0, 0.1) is 5.21 Å². The molecule has 0 N–H and O–H groups in total. The number of carbonyl (C=O) groups is 1. The van der Waals surface area contributed by atoms with Crippen LogP contribution < -0.4 is 4.90 Å². The van der Waals surface area contributed by atoms with Gasteiger partial charge in [-0.3, -0.25) is 9.42 Å². The molecule has 0 aliphatic carbocycles. The Morgan fingerprint density at radius 1 is 1.62 bits per heavy atom. The molecule has 13 heavy (non-hydrogen) atoms. The lowest BCUT2D eigenvalue weighted by Gasteiger charge is -1.90. The predicted molar refractivity (Wildman–Crippen MR) is 43.2 cm³/mol. The summed E-state index contributed by atoms with van der Waals surface area (Å²) in [7, 11) is 0. The summed E-state index contributed by atoms with van der Waals surface area (Å²) in [5.41, 5.74) is 0.810. The highest BCUT2D eigenvalue weighted by Crippen LogP contribution is 2.11. The fraction of sp³-hybridized carbons (Fsp3) is 0. The van der Waals surface area contributed by atoms with Crippen molar-refractivity contribution in [1.29, 1.82) is 0 Å². The molecule has 0 aliphatic heterocycles. The van der Waals surface area contributed by atoms with Crippen LogP contribution in [0.15, 0.2) is 22.8 Å². The number of halogens is 1. The van der Waals surface area contributed by atoms with Gasteiger partial charge in [0.05, 0.1) is 0 Å². The zero-order chi connectivity index (χ0) is 9.42. The summed E-state index contributed by atoms with van der Waals surface area (Å²) in [5, 5.41) is 13.7. The summed E-state index contributed by atoms with van der Waals surface area (Å²) in [5.74, 6) is 0. The smallest absolute Gasteiger partial charge is 0.252 e. The van der Waals surface area contributed by atoms with Crippen LogP contribution in [0.1, 0.15) is 10.4 Å². The maximum absolute atomic E-state index is 10.9. The van der Waals surface area contributed by atoms with Crippen molar-refractivity contribution in [3.05, 3.63) is 29.0 Å². The Labute approximate surface area is 77.0 Å². The average molecular weight is 199 g/mol. The van der Waals surface area contributed by atoms with Crippen LogP contribution in [0.2, 0.25) is 0 Å². The Kier molecular flexibility index (Phi) is 1.66. The van der Waals surface area contributed by atoms with Gasteiger partial charge in [0, 0.05) is 16.8 Å². The number of carbonyl (C=O) groups excluding carboxylic acids is 1. The summed E-state index contributed by atoms with van der Waals surface area (Å²) in [6, 6.07) is 4.29. The molecule has 0 saturated heterocycles. The second-order valence-corrected chi connectivity index (χ2v) is 2.75. The van der Waals surface area contributed by atoms with E-state index in [-0.39, 0.29) is 16.0 Å². The van der Waals surface area contributed by atoms with Crippen LogP contribution >= 0.6 is 11.6 Å². The van der Waals surface area contributed by atoms with Gasteiger partial charge in [0.15, 0.2) is 0 Å². The molecule has 1 heterocycles. The average Bonchev–Trinajstić information content (AvgIpc) is 2.47. The first-order chi connectivity index (χ1) is 6.18. The minimum atomic E-state index is -0.622. The highest BCUT2D eigenvalue weighted by Gasteiger charge is 2.11. The van der Waals surface area contributed by atoms with Crippen LogP contribution in [0.4, 0.5) is 0 Å². The van der Waals surface area contributed by atoms with E-state index in [0.717, 1.165) is 0 Å². The molecule has 5 nitrogen and oxygen atoms in total. The van der Waals surface area contributed by atoms with E-state index in [4.69, 9.17) is 11.6 Å². The van der Waals surface area contributed by atoms with E-state index in [1.165, 1.54) is 18.2 Å². The van der Waals surface area contributed by atoms with Crippen molar-refractivity contribution in [2.24, 2.45) is 0 Å². The molecule has 0 spiro atoms. The maximum atomic E-state index is 10.9. The van der Waals surface area contributed by atoms with Gasteiger partial charge in [-0.2, -0.15) is 0 Å². The Hall–Kier alpha value is -1.62. The van der Waals surface area contributed by atoms with Crippen LogP contribution in [0.5, 0.6) is 0 Å². The molecule has 0 radical (unpaired) electrons. The van der Waals surface area contributed by atoms with Crippen molar-refractivity contribution in [2.45, 2.75) is 0 Å². The molecule has 2 aromatic rings. The number of hydrogen-bond acceptors (Lipinski definition) is 4. The van der Waals surface area contributed by atoms with Gasteiger partial charge in [0.1, 0.15) is 0 Å². The normalized spacial score (nSPS) is 10.5. The summed E-state index contributed by atoms with van der Waals surface area (Å²) in [4.78, 5) is 10.9. The van der Waals surface area contributed by atoms with E-state index in [2.05, 4.69) is 9.79 Å². The Morgan fingerprint density at radius 3 is 3.08 bits per heavy atom. The first-order valence-corrected chi connectivity index (χ1v) is 3.75. The lowest BCUT2D eigenvalue weighted by Crippen LogP contribution is -2.22. The molecule has 0 saturated carbocycles. The van der Waals surface area contributed by atoms with Crippen molar-refractivity contribution < 1.29 is 14.3 Å². The third-order valence-corrected chi connectivity index (χ3v) is 1.83. The fourth-order valence-corrected chi connectivity index (χ4v) is 1.11. The molecular weight excluding hydrogens is 196 g/mol. The largest absolute Gasteiger partial charge is 0.359 e. The van der Waals surface area contributed by atoms with Gasteiger partial charge in [-0.1, -0.05) is 0 Å². The quantitative estimate of drug-likeness (QED) is 0.503. The molecular formula is C7H3ClN2O3. The lowest BCUT2D eigenvalue weighted by molar-refractivity contribution is -0.782. The van der Waals surface area contributed by atoms with Crippen LogP contribution in [0.25, 0.3) is 11.0 Å². The number of benzene rings is 1. The molecule has 2 rings (SSSR count). The SMILES string of the molecule is O=C(Cl)c1ccc2no[n+]([O-])c2c1. The Balaban J connectivity index is 2.72. The zero-order valence-electron chi connectivity index (χ0n) is 6.23. The van der Waals surface area contributed by atoms with Crippen LogP contribution in [0.3, 0.4) is 0 Å². The van der Waals surface area contributed by atoms with Gasteiger partial charge in [-0.25, -0.2) is 0 Å². The van der Waals surface area contributed by atoms with Crippen molar-refractivity contribution >= 4 is 27.9 Å². The second-order valence-electron chi connectivity index (χ2n) is 2.41. The molecule has 0 fully saturated rings. The van der Waals surface area contributed by atoms with E-state index in [9.17, 15) is 10.0 Å². The third kappa shape index (κ3) is 1.23. The first-order valence-electron chi connectivity index (χ1n) is 3.38. The monoisotopic (exact) mass is 198 g/mol. The summed E-state index contributed by atoms with van der Waals surface area (Å²) in [6.45, 7) is 0. The van der Waals surface area contributed by atoms with Crippen LogP contribution in [-0.4, -0.2) is 10.4 Å². The van der Waals surface area contributed by atoms with Crippen LogP contribution in [-0.2, 0) is 0 Å². The molecule has 1 aromatic carbocycles. The van der Waals surface area contributed by atoms with Gasteiger partial charge in [0.25, 0.3) is 5.24 Å². The van der Waals surface area contributed by atoms with Gasteiger partial charge in [-0.15, -0.1) is 0 Å². The lowest BCUT2D eigenvalue weighted by atomic mass is 10.2. The number of hydrogen-bond donors (Lipinski definition) is 0. The number of nitrogens with zero attached hydrogens (tertiary/aromatic N) is 2. The molecule has 0 bridgehead atoms. The zero-order valence-corrected chi connectivity index (χ0v) is 6.99. The summed E-state index contributed by atoms with van der Waals surface area (Å²) >= 11 is 5.22. The Bertz CT molecular complexity index is 480. The molecule has 0 unspecified atom stereocenters. The summed E-state index contributed by atoms with van der Waals surface area (Å²) in [6.07, 6.45) is 0. The van der Waals surface area contributed by atoms with Crippen molar-refractivity contribution in [3.8, 4) is 0 Å². The molecule has 0 aliphatic rings. The summed E-state index contributed by atoms with van der Waals surface area (Å²) < 4.78 is 4.31. The predicted octanol–water partition coefficient (Wildman–Crippen LogP) is 0.840. The molecule has 66 valence electrons. The Morgan fingerprint density at radius 2 is 2.38 bits per heavy atom. The first kappa shape index (κ1) is 8.00. The van der Waals surface area contributed by atoms with Crippen molar-refractivity contribution in [3.63, 3.8) is 0 Å². The number of rotatable bonds is 1. The molecule has 0 amide bonds. The highest BCUT2D eigenvalue weighted by atomic mass is 35.5. The van der Waals surface area contributed by atoms with Gasteiger partial charge < -0.3 is 5.21 Å². The minimum Gasteiger partial charge on any atom is -0.359 e. The van der Waals surface area contributed by atoms with E-state index in [0.29, 0.717) is 5.52 Å². The van der Waals surface area contributed by atoms with E-state index in [1.807, 2.05) is 0 Å². The van der Waals surface area contributed by atoms with Gasteiger partial charge in [0.2, 0.25) is 11.0 Å². The third-order valence-electron chi connectivity index (χ3n) is 1.61. The van der Waals surface area contributed by atoms with E-state index >= 15 is 0 Å². The van der Waals surface area contributed by atoms with Gasteiger partial charge in [-0.05, 0) is 28.6 Å². The van der Waals surface area contributed by atoms with Crippen molar-refractivity contribution in [1.82, 2.24) is 5.16 Å². The molecule has 0 atom stereocenters. The van der Waals surface area contributed by atoms with E-state index in [1.54, 1.807) is 0 Å². The minimum absolute atomic E-state index is 0.187. The molecule has 1 aromatic heterocycles. The topological polar surface area (TPSA) is 70.0 Å². The fourth-order valence-electron chi connectivity index (χ4n) is 0.994. The number of aromatic nitrogens is 2. The second kappa shape index (κ2) is 2.70. The highest BCUT2D eigenvalue weighted by molar-refractivity contribution is 6.67. The van der Waals surface area contributed by atoms with Crippen molar-refractivity contribution in [2.75, 3.05) is 0 Å².